The zero-order valence-corrected chi connectivity index (χ0v) is 17.3. The molecule has 1 amide bonds. The van der Waals surface area contributed by atoms with Gasteiger partial charge in [-0.05, 0) is 26.0 Å². The maximum atomic E-state index is 14.6. The monoisotopic (exact) mass is 433 g/mol. The van der Waals surface area contributed by atoms with Gasteiger partial charge in [0.1, 0.15) is 22.9 Å². The number of rotatable bonds is 3. The lowest BCUT2D eigenvalue weighted by atomic mass is 10.1. The molecule has 0 atom stereocenters. The zero-order valence-electron chi connectivity index (χ0n) is 16.5. The number of aryl methyl sites for hydroxylation is 2. The molecule has 0 N–H and O–H groups in total. The minimum atomic E-state index is -0.617. The highest BCUT2D eigenvalue weighted by atomic mass is 35.5. The first-order chi connectivity index (χ1) is 14.0. The summed E-state index contributed by atoms with van der Waals surface area (Å²) in [6, 6.07) is 6.22. The van der Waals surface area contributed by atoms with Crippen LogP contribution in [0.3, 0.4) is 0 Å². The Bertz CT molecular complexity index is 1010. The average Bonchev–Trinajstić information content (AvgIpc) is 3.10. The summed E-state index contributed by atoms with van der Waals surface area (Å²) < 4.78 is 14.6. The second kappa shape index (κ2) is 9.14. The molecular formula is C19H21ClFN7O2. The van der Waals surface area contributed by atoms with Crippen LogP contribution in [0.15, 0.2) is 36.7 Å². The summed E-state index contributed by atoms with van der Waals surface area (Å²) in [5, 5.41) is 9.69. The summed E-state index contributed by atoms with van der Waals surface area (Å²) in [5.74, 6) is 0.227. The molecule has 11 heteroatoms. The number of hydrogen-bond donors (Lipinski definition) is 0. The number of hydrogen-bond acceptors (Lipinski definition) is 7. The molecule has 2 aromatic heterocycles. The van der Waals surface area contributed by atoms with Crippen molar-refractivity contribution in [1.82, 2.24) is 29.9 Å². The second-order valence-electron chi connectivity index (χ2n) is 6.59. The molecule has 1 aliphatic heterocycles. The van der Waals surface area contributed by atoms with E-state index in [1.54, 1.807) is 16.0 Å². The van der Waals surface area contributed by atoms with Crippen LogP contribution in [0.2, 0.25) is 0 Å². The Morgan fingerprint density at radius 1 is 1.10 bits per heavy atom. The van der Waals surface area contributed by atoms with Crippen molar-refractivity contribution in [3.8, 4) is 5.69 Å². The van der Waals surface area contributed by atoms with Gasteiger partial charge in [-0.1, -0.05) is 6.07 Å². The highest BCUT2D eigenvalue weighted by Crippen LogP contribution is 2.21. The molecule has 30 heavy (non-hydrogen) atoms. The van der Waals surface area contributed by atoms with Crippen molar-refractivity contribution in [2.75, 3.05) is 31.3 Å². The summed E-state index contributed by atoms with van der Waals surface area (Å²) in [4.78, 5) is 30.4. The highest BCUT2D eigenvalue weighted by molar-refractivity contribution is 5.98. The van der Waals surface area contributed by atoms with Gasteiger partial charge in [-0.15, -0.1) is 12.4 Å². The summed E-state index contributed by atoms with van der Waals surface area (Å²) in [5.41, 5.74) is 1.06. The Labute approximate surface area is 178 Å². The lowest BCUT2D eigenvalue weighted by Gasteiger charge is -2.22. The van der Waals surface area contributed by atoms with Gasteiger partial charge in [-0.2, -0.15) is 15.0 Å². The van der Waals surface area contributed by atoms with E-state index in [9.17, 15) is 9.18 Å². The molecule has 9 nitrogen and oxygen atoms in total. The summed E-state index contributed by atoms with van der Waals surface area (Å²) >= 11 is 0. The minimum absolute atomic E-state index is 0. The molecule has 1 aromatic carbocycles. The van der Waals surface area contributed by atoms with Crippen LogP contribution >= 0.6 is 12.4 Å². The molecule has 0 aliphatic carbocycles. The van der Waals surface area contributed by atoms with Gasteiger partial charge in [-0.25, -0.2) is 19.4 Å². The molecule has 3 aromatic rings. The van der Waals surface area contributed by atoms with Crippen molar-refractivity contribution in [1.29, 1.82) is 0 Å². The first-order valence-electron chi connectivity index (χ1n) is 9.20. The van der Waals surface area contributed by atoms with E-state index in [0.29, 0.717) is 37.0 Å². The molecule has 158 valence electrons. The fourth-order valence-electron chi connectivity index (χ4n) is 3.25. The normalized spacial score (nSPS) is 14.2. The third-order valence-electron chi connectivity index (χ3n) is 4.52. The number of carbonyl (C=O) groups excluding carboxylic acids is 1. The van der Waals surface area contributed by atoms with E-state index in [1.807, 2.05) is 19.9 Å². The molecule has 1 aliphatic rings. The topological polar surface area (TPSA) is 89.3 Å². The van der Waals surface area contributed by atoms with Crippen molar-refractivity contribution < 1.29 is 14.0 Å². The van der Waals surface area contributed by atoms with Crippen LogP contribution in [0, 0.1) is 19.7 Å². The molecule has 0 radical (unpaired) electrons. The standard InChI is InChI=1S/C19H20FN7O2.ClH/c1-13-12-17(24-14(2)23-13)26-9-8-25(10-11-29-26)19(28)18-15(20)4-3-5-16(18)27-21-6-7-22-27;/h3-7,12H,8-11H2,1-2H3;1H. The van der Waals surface area contributed by atoms with E-state index >= 15 is 0 Å². The smallest absolute Gasteiger partial charge is 0.259 e. The van der Waals surface area contributed by atoms with E-state index in [-0.39, 0.29) is 24.6 Å². The molecule has 0 saturated carbocycles. The van der Waals surface area contributed by atoms with Crippen LogP contribution in [-0.4, -0.2) is 62.0 Å². The largest absolute Gasteiger partial charge is 0.334 e. The average molecular weight is 434 g/mol. The summed E-state index contributed by atoms with van der Waals surface area (Å²) in [7, 11) is 0. The minimum Gasteiger partial charge on any atom is -0.334 e. The summed E-state index contributed by atoms with van der Waals surface area (Å²) in [6.07, 6.45) is 2.95. The van der Waals surface area contributed by atoms with E-state index in [1.165, 1.54) is 29.3 Å². The number of hydroxylamine groups is 1. The fourth-order valence-corrected chi connectivity index (χ4v) is 3.25. The second-order valence-corrected chi connectivity index (χ2v) is 6.59. The first-order valence-corrected chi connectivity index (χ1v) is 9.20. The van der Waals surface area contributed by atoms with Gasteiger partial charge in [0.25, 0.3) is 5.91 Å². The van der Waals surface area contributed by atoms with Gasteiger partial charge in [-0.3, -0.25) is 9.63 Å². The quantitative estimate of drug-likeness (QED) is 0.625. The van der Waals surface area contributed by atoms with Gasteiger partial charge < -0.3 is 4.90 Å². The van der Waals surface area contributed by atoms with E-state index < -0.39 is 11.7 Å². The number of carbonyl (C=O) groups is 1. The molecule has 0 unspecified atom stereocenters. The predicted octanol–water partition coefficient (Wildman–Crippen LogP) is 2.13. The van der Waals surface area contributed by atoms with Gasteiger partial charge >= 0.3 is 0 Å². The molecule has 1 saturated heterocycles. The third kappa shape index (κ3) is 4.39. The van der Waals surface area contributed by atoms with Crippen molar-refractivity contribution in [2.24, 2.45) is 0 Å². The Morgan fingerprint density at radius 3 is 2.60 bits per heavy atom. The number of anilines is 1. The maximum Gasteiger partial charge on any atom is 0.259 e. The van der Waals surface area contributed by atoms with E-state index in [2.05, 4.69) is 20.2 Å². The van der Waals surface area contributed by atoms with Gasteiger partial charge in [0.05, 0.1) is 25.5 Å². The molecule has 1 fully saturated rings. The van der Waals surface area contributed by atoms with Crippen LogP contribution in [0.5, 0.6) is 0 Å². The fraction of sp³-hybridized carbons (Fsp3) is 0.316. The van der Waals surface area contributed by atoms with Crippen molar-refractivity contribution in [2.45, 2.75) is 13.8 Å². The molecule has 4 rings (SSSR count). The number of benzene rings is 1. The van der Waals surface area contributed by atoms with Gasteiger partial charge in [0.15, 0.2) is 5.82 Å². The Hall–Kier alpha value is -3.11. The lowest BCUT2D eigenvalue weighted by Crippen LogP contribution is -2.36. The van der Waals surface area contributed by atoms with E-state index in [4.69, 9.17) is 4.84 Å². The van der Waals surface area contributed by atoms with Crippen LogP contribution < -0.4 is 5.06 Å². The SMILES string of the molecule is Cc1cc(N2CCN(C(=O)c3c(F)cccc3-n3nccn3)CCO2)nc(C)n1.Cl. The van der Waals surface area contributed by atoms with Crippen LogP contribution in [0.25, 0.3) is 5.69 Å². The predicted molar refractivity (Wildman–Crippen MR) is 109 cm³/mol. The van der Waals surface area contributed by atoms with Crippen LogP contribution in [0.4, 0.5) is 10.2 Å². The van der Waals surface area contributed by atoms with Gasteiger partial charge in [0, 0.05) is 24.8 Å². The molecular weight excluding hydrogens is 413 g/mol. The third-order valence-corrected chi connectivity index (χ3v) is 4.52. The van der Waals surface area contributed by atoms with Crippen molar-refractivity contribution in [3.63, 3.8) is 0 Å². The lowest BCUT2D eigenvalue weighted by molar-refractivity contribution is 0.0725. The molecule has 3 heterocycles. The Kier molecular flexibility index (Phi) is 6.58. The zero-order chi connectivity index (χ0) is 20.4. The number of halogens is 2. The van der Waals surface area contributed by atoms with Crippen LogP contribution in [0.1, 0.15) is 21.9 Å². The Morgan fingerprint density at radius 2 is 1.87 bits per heavy atom. The van der Waals surface area contributed by atoms with Crippen LogP contribution in [-0.2, 0) is 4.84 Å². The van der Waals surface area contributed by atoms with Crippen molar-refractivity contribution in [3.05, 3.63) is 59.6 Å². The molecule has 0 bridgehead atoms. The number of amides is 1. The first kappa shape index (κ1) is 21.6. The maximum absolute atomic E-state index is 14.6. The Balaban J connectivity index is 0.00000256. The summed E-state index contributed by atoms with van der Waals surface area (Å²) in [6.45, 7) is 5.02. The number of aromatic nitrogens is 5. The molecule has 0 spiro atoms. The van der Waals surface area contributed by atoms with Gasteiger partial charge in [0.2, 0.25) is 0 Å². The van der Waals surface area contributed by atoms with E-state index in [0.717, 1.165) is 5.69 Å². The number of nitrogens with zero attached hydrogens (tertiary/aromatic N) is 7. The highest BCUT2D eigenvalue weighted by Gasteiger charge is 2.27. The van der Waals surface area contributed by atoms with Crippen molar-refractivity contribution >= 4 is 24.1 Å².